The van der Waals surface area contributed by atoms with E-state index < -0.39 is 43.6 Å². The third-order valence-electron chi connectivity index (χ3n) is 3.26. The molecule has 1 aliphatic heterocycles. The monoisotopic (exact) mass is 482 g/mol. The molecule has 0 saturated carbocycles. The molecule has 1 aliphatic rings. The fourth-order valence-electron chi connectivity index (χ4n) is 2.08. The highest BCUT2D eigenvalue weighted by molar-refractivity contribution is 7.52. The number of H-pyrrole nitrogens is 1. The van der Waals surface area contributed by atoms with Gasteiger partial charge in [-0.1, -0.05) is 0 Å². The van der Waals surface area contributed by atoms with Crippen molar-refractivity contribution in [3.05, 3.63) is 22.7 Å². The summed E-state index contributed by atoms with van der Waals surface area (Å²) in [5.41, 5.74) is 7.95. The van der Waals surface area contributed by atoms with Gasteiger partial charge < -0.3 is 70.2 Å². The van der Waals surface area contributed by atoms with Crippen molar-refractivity contribution in [3.63, 3.8) is 0 Å². The molecule has 5 atom stereocenters. The number of anilines is 1. The minimum Gasteiger partial charge on any atom is -1.00 e. The predicted octanol–water partition coefficient (Wildman–Crippen LogP) is -10.4. The Bertz CT molecular complexity index is 641. The fourth-order valence-corrected chi connectivity index (χ4v) is 2.71. The van der Waals surface area contributed by atoms with Crippen LogP contribution in [0, 0.1) is 0 Å². The van der Waals surface area contributed by atoms with Crippen molar-refractivity contribution in [2.75, 3.05) is 5.73 Å². The lowest BCUT2D eigenvalue weighted by molar-refractivity contribution is -0.780. The first kappa shape index (κ1) is 22.6. The number of nitrogen functional groups attached to an aromatic ring is 1. The number of aromatic nitrogens is 2. The van der Waals surface area contributed by atoms with Crippen LogP contribution in [0.5, 0.6) is 0 Å². The second-order valence-corrected chi connectivity index (χ2v) is 6.58. The van der Waals surface area contributed by atoms with Crippen molar-refractivity contribution < 1.29 is 73.6 Å². The number of aliphatic hydroxyl groups is 2. The molecule has 2 rings (SSSR count). The quantitative estimate of drug-likeness (QED) is 0.162. The van der Waals surface area contributed by atoms with Gasteiger partial charge in [-0.2, -0.15) is 14.3 Å². The number of aliphatic hydroxyl groups excluding tert-OH is 2. The lowest BCUT2D eigenvalue weighted by Crippen LogP contribution is -3.00. The van der Waals surface area contributed by atoms with E-state index in [4.69, 9.17) is 20.3 Å². The molecule has 0 spiro atoms. The van der Waals surface area contributed by atoms with E-state index in [-0.39, 0.29) is 39.8 Å². The van der Waals surface area contributed by atoms with Gasteiger partial charge in [-0.15, -0.1) is 0 Å². The van der Waals surface area contributed by atoms with E-state index in [1.165, 1.54) is 12.3 Å². The molecule has 23 heavy (non-hydrogen) atoms. The predicted molar refractivity (Wildman–Crippen MR) is 66.3 cm³/mol. The molecule has 10 N–H and O–H groups in total. The summed E-state index contributed by atoms with van der Waals surface area (Å²) in [6.45, 7) is 0. The number of ether oxygens (including phenoxy) is 1. The lowest BCUT2D eigenvalue weighted by Gasteiger charge is -2.19. The van der Waals surface area contributed by atoms with Gasteiger partial charge in [0.1, 0.15) is 18.4 Å². The number of hydrogen-bond donors (Lipinski definition) is 7. The summed E-state index contributed by atoms with van der Waals surface area (Å²) >= 11 is 0. The van der Waals surface area contributed by atoms with Crippen molar-refractivity contribution >= 4 is 13.4 Å². The zero-order chi connectivity index (χ0) is 15.9. The summed E-state index contributed by atoms with van der Waals surface area (Å²) in [4.78, 5) is 32.2. The van der Waals surface area contributed by atoms with Gasteiger partial charge in [0.25, 0.3) is 0 Å². The summed E-state index contributed by atoms with van der Waals surface area (Å²) in [7, 11) is -4.63. The lowest BCUT2D eigenvalue weighted by atomic mass is 10.1. The van der Waals surface area contributed by atoms with Gasteiger partial charge in [-0.3, -0.25) is 4.57 Å². The minimum absolute atomic E-state index is 0. The van der Waals surface area contributed by atoms with Gasteiger partial charge in [0, 0.05) is 6.07 Å². The molecule has 0 amide bonds. The maximum atomic E-state index is 11.7. The average Bonchev–Trinajstić information content (AvgIpc) is 2.65. The molecule has 0 aromatic carbocycles. The summed E-state index contributed by atoms with van der Waals surface area (Å²) in [5.74, 6) is -1.49. The molecule has 0 aliphatic carbocycles. The van der Waals surface area contributed by atoms with E-state index in [0.29, 0.717) is 0 Å². The van der Waals surface area contributed by atoms with Crippen LogP contribution in [0.25, 0.3) is 0 Å². The number of aromatic amines is 1. The maximum absolute atomic E-state index is 11.7. The van der Waals surface area contributed by atoms with Crippen LogP contribution in [-0.2, 0) is 9.30 Å². The van der Waals surface area contributed by atoms with Crippen LogP contribution in [0.15, 0.2) is 17.1 Å². The van der Waals surface area contributed by atoms with Crippen molar-refractivity contribution in [3.8, 4) is 0 Å². The molecule has 1 saturated heterocycles. The van der Waals surface area contributed by atoms with Gasteiger partial charge in [0.15, 0.2) is 11.9 Å². The van der Waals surface area contributed by atoms with Crippen LogP contribution in [0.1, 0.15) is 6.23 Å². The van der Waals surface area contributed by atoms with Crippen LogP contribution in [0.4, 0.5) is 5.82 Å². The first-order valence-corrected chi connectivity index (χ1v) is 7.61. The second kappa shape index (κ2) is 8.14. The Labute approximate surface area is 151 Å². The summed E-state index contributed by atoms with van der Waals surface area (Å²) in [6, 6.07) is 1.34. The molecule has 1 aromatic heterocycles. The first-order chi connectivity index (χ1) is 9.62. The Hall–Kier alpha value is -0.370. The van der Waals surface area contributed by atoms with Crippen LogP contribution in [0.2, 0.25) is 0 Å². The SMILES string of the molecule is Nc1cc[n+]([C@@H]2O[C@H]([C@@H]([NH3+])P(=O)(O)O)[C@@H](O)[C@@H]2O)c(=O)[nH]1.[Br-].[Br-]. The third kappa shape index (κ3) is 4.59. The summed E-state index contributed by atoms with van der Waals surface area (Å²) in [5, 5.41) is 19.8. The number of nitrogens with two attached hydrogens (primary N) is 1. The molecular weight excluding hydrogens is 467 g/mol. The molecule has 14 heteroatoms. The van der Waals surface area contributed by atoms with E-state index in [0.717, 1.165) is 4.57 Å². The van der Waals surface area contributed by atoms with Crippen LogP contribution in [-0.4, -0.2) is 49.1 Å². The zero-order valence-electron chi connectivity index (χ0n) is 11.5. The Balaban J connectivity index is 0.00000242. The Morgan fingerprint density at radius 1 is 1.35 bits per heavy atom. The minimum atomic E-state index is -4.63. The van der Waals surface area contributed by atoms with Crippen LogP contribution >= 0.6 is 7.60 Å². The average molecular weight is 484 g/mol. The number of quaternary nitrogens is 1. The highest BCUT2D eigenvalue weighted by Gasteiger charge is 2.54. The van der Waals surface area contributed by atoms with Crippen LogP contribution < -0.4 is 55.7 Å². The van der Waals surface area contributed by atoms with Gasteiger partial charge in [-0.05, 0) is 0 Å². The van der Waals surface area contributed by atoms with Crippen molar-refractivity contribution in [2.24, 2.45) is 0 Å². The third-order valence-corrected chi connectivity index (χ3v) is 4.42. The highest BCUT2D eigenvalue weighted by Crippen LogP contribution is 2.43. The van der Waals surface area contributed by atoms with Gasteiger partial charge in [0.2, 0.25) is 12.0 Å². The van der Waals surface area contributed by atoms with Gasteiger partial charge >= 0.3 is 13.3 Å². The van der Waals surface area contributed by atoms with E-state index in [2.05, 4.69) is 10.7 Å². The van der Waals surface area contributed by atoms with Gasteiger partial charge in [0.05, 0.1) is 0 Å². The summed E-state index contributed by atoms with van der Waals surface area (Å²) in [6.07, 6.45) is -4.66. The molecule has 0 radical (unpaired) electrons. The van der Waals surface area contributed by atoms with Crippen LogP contribution in [0.3, 0.4) is 0 Å². The zero-order valence-corrected chi connectivity index (χ0v) is 15.6. The molecule has 0 bridgehead atoms. The maximum Gasteiger partial charge on any atom is 0.499 e. The van der Waals surface area contributed by atoms with E-state index in [1.54, 1.807) is 0 Å². The number of rotatable bonds is 3. The van der Waals surface area contributed by atoms with E-state index in [1.807, 2.05) is 0 Å². The molecule has 1 fully saturated rings. The molecule has 2 heterocycles. The van der Waals surface area contributed by atoms with E-state index >= 15 is 0 Å². The highest BCUT2D eigenvalue weighted by atomic mass is 79.9. The van der Waals surface area contributed by atoms with Crippen molar-refractivity contribution in [1.82, 2.24) is 4.98 Å². The number of hydrogen-bond acceptors (Lipinski definition) is 6. The molecule has 1 aromatic rings. The second-order valence-electron chi connectivity index (χ2n) is 4.74. The smallest absolute Gasteiger partial charge is 0.499 e. The molecule has 0 unspecified atom stereocenters. The normalized spacial score (nSPS) is 28.6. The molecular formula is C9H17Br2N4O7P. The summed E-state index contributed by atoms with van der Waals surface area (Å²) < 4.78 is 17.3. The van der Waals surface area contributed by atoms with E-state index in [9.17, 15) is 19.6 Å². The first-order valence-electron chi connectivity index (χ1n) is 5.92. The fraction of sp³-hybridized carbons (Fsp3) is 0.556. The number of halogens is 2. The van der Waals surface area contributed by atoms with Crippen molar-refractivity contribution in [1.29, 1.82) is 0 Å². The molecule has 11 nitrogen and oxygen atoms in total. The topological polar surface area (TPSA) is 198 Å². The standard InChI is InChI=1S/C9H15N4O7P.2BrH/c10-3-1-2-13(9(16)12-3)8-5(15)4(14)6(20-8)7(11)21(17,18)19;;/h1-2,4-8,14-15H,11H2,(H4,10,12,16,17,18,19);2*1H/t4-,5-,6-,7-,8+;;/m0../s1. The Morgan fingerprint density at radius 3 is 2.39 bits per heavy atom. The van der Waals surface area contributed by atoms with Gasteiger partial charge in [-0.25, -0.2) is 0 Å². The number of nitrogens with one attached hydrogen (secondary N) is 1. The largest absolute Gasteiger partial charge is 1.00 e. The Kier molecular flexibility index (Phi) is 8.01. The molecule has 134 valence electrons. The Morgan fingerprint density at radius 2 is 1.91 bits per heavy atom. The number of nitrogens with zero attached hydrogens (tertiary/aromatic N) is 1. The van der Waals surface area contributed by atoms with Crippen molar-refractivity contribution in [2.45, 2.75) is 30.3 Å².